The highest BCUT2D eigenvalue weighted by Gasteiger charge is 2.62. The molecule has 1 aromatic heterocycles. The molecule has 1 heterocycles. The van der Waals surface area contributed by atoms with Crippen LogP contribution in [-0.2, 0) is 11.3 Å². The Morgan fingerprint density at radius 3 is 2.71 bits per heavy atom. The maximum atomic E-state index is 12.6. The molecule has 2 fully saturated rings. The number of hydrogen-bond acceptors (Lipinski definition) is 4. The lowest BCUT2D eigenvalue weighted by atomic mass is 9.70. The molecule has 5 nitrogen and oxygen atoms in total. The van der Waals surface area contributed by atoms with Gasteiger partial charge in [-0.2, -0.15) is 5.10 Å². The molecular weight excluding hydrogens is 304 g/mol. The summed E-state index contributed by atoms with van der Waals surface area (Å²) in [5.41, 5.74) is 0.290. The van der Waals surface area contributed by atoms with Crippen molar-refractivity contribution in [3.8, 4) is 0 Å². The topological polar surface area (TPSA) is 61.2 Å². The summed E-state index contributed by atoms with van der Waals surface area (Å²) in [5.74, 6) is 0.210. The first-order chi connectivity index (χ1) is 11.3. The molecule has 0 radical (unpaired) electrons. The Morgan fingerprint density at radius 1 is 1.38 bits per heavy atom. The van der Waals surface area contributed by atoms with E-state index in [1.165, 1.54) is 23.2 Å². The van der Waals surface area contributed by atoms with E-state index in [4.69, 9.17) is 4.74 Å². The number of hydrogen-bond donors (Lipinski definition) is 0. The van der Waals surface area contributed by atoms with Crippen LogP contribution in [0, 0.1) is 16.7 Å². The lowest BCUT2D eigenvalue weighted by Gasteiger charge is -2.38. The van der Waals surface area contributed by atoms with Crippen molar-refractivity contribution in [2.75, 3.05) is 0 Å². The van der Waals surface area contributed by atoms with Crippen LogP contribution in [0.15, 0.2) is 16.9 Å². The van der Waals surface area contributed by atoms with Crippen molar-refractivity contribution in [2.45, 2.75) is 72.4 Å². The van der Waals surface area contributed by atoms with Crippen LogP contribution < -0.4 is 5.56 Å². The third kappa shape index (κ3) is 2.58. The molecule has 2 bridgehead atoms. The first kappa shape index (κ1) is 17.2. The fourth-order valence-corrected chi connectivity index (χ4v) is 4.52. The quantitative estimate of drug-likeness (QED) is 0.775. The summed E-state index contributed by atoms with van der Waals surface area (Å²) in [6.45, 7) is 9.42. The number of ether oxygens (including phenoxy) is 1. The standard InChI is InChI=1S/C19H28N2O3/c1-5-6-11-21-16(22)8-7-14(20-21)17(23)24-15-12-13-9-10-19(15,4)18(13,2)3/h7-8,13,15H,5-6,9-12H2,1-4H3. The van der Waals surface area contributed by atoms with Gasteiger partial charge < -0.3 is 4.74 Å². The molecule has 0 saturated heterocycles. The van der Waals surface area contributed by atoms with Gasteiger partial charge in [0, 0.05) is 18.0 Å². The Hall–Kier alpha value is -1.65. The Labute approximate surface area is 143 Å². The van der Waals surface area contributed by atoms with Crippen LogP contribution in [-0.4, -0.2) is 21.9 Å². The van der Waals surface area contributed by atoms with Gasteiger partial charge in [0.15, 0.2) is 5.69 Å². The highest BCUT2D eigenvalue weighted by molar-refractivity contribution is 5.87. The van der Waals surface area contributed by atoms with E-state index in [2.05, 4.69) is 32.8 Å². The van der Waals surface area contributed by atoms with Gasteiger partial charge in [-0.1, -0.05) is 34.1 Å². The summed E-state index contributed by atoms with van der Waals surface area (Å²) < 4.78 is 7.22. The van der Waals surface area contributed by atoms with Crippen LogP contribution >= 0.6 is 0 Å². The van der Waals surface area contributed by atoms with Crippen LogP contribution in [0.3, 0.4) is 0 Å². The number of fused-ring (bicyclic) bond motifs is 2. The van der Waals surface area contributed by atoms with Crippen molar-refractivity contribution in [2.24, 2.45) is 16.7 Å². The summed E-state index contributed by atoms with van der Waals surface area (Å²) in [5, 5.41) is 4.20. The van der Waals surface area contributed by atoms with Gasteiger partial charge in [0.25, 0.3) is 5.56 Å². The minimum atomic E-state index is -0.408. The van der Waals surface area contributed by atoms with Crippen LogP contribution in [0.2, 0.25) is 0 Å². The number of esters is 1. The molecular formula is C19H28N2O3. The number of rotatable bonds is 5. The smallest absolute Gasteiger partial charge is 0.359 e. The Bertz CT molecular complexity index is 694. The first-order valence-electron chi connectivity index (χ1n) is 9.08. The van der Waals surface area contributed by atoms with Gasteiger partial charge in [0.1, 0.15) is 6.10 Å². The van der Waals surface area contributed by atoms with E-state index in [0.29, 0.717) is 12.5 Å². The molecule has 24 heavy (non-hydrogen) atoms. The predicted octanol–water partition coefficient (Wildman–Crippen LogP) is 3.42. The Balaban J connectivity index is 1.76. The fraction of sp³-hybridized carbons (Fsp3) is 0.737. The fourth-order valence-electron chi connectivity index (χ4n) is 4.52. The van der Waals surface area contributed by atoms with Crippen molar-refractivity contribution in [3.63, 3.8) is 0 Å². The van der Waals surface area contributed by atoms with Gasteiger partial charge in [-0.3, -0.25) is 4.79 Å². The van der Waals surface area contributed by atoms with Gasteiger partial charge in [-0.05, 0) is 43.1 Å². The van der Waals surface area contributed by atoms with Crippen LogP contribution in [0.1, 0.15) is 70.3 Å². The third-order valence-corrected chi connectivity index (χ3v) is 6.76. The molecule has 1 aromatic rings. The summed E-state index contributed by atoms with van der Waals surface area (Å²) in [6.07, 6.45) is 5.03. The second kappa shape index (κ2) is 6.01. The zero-order valence-corrected chi connectivity index (χ0v) is 15.2. The number of aromatic nitrogens is 2. The minimum absolute atomic E-state index is 0.0317. The molecule has 0 aromatic carbocycles. The first-order valence-corrected chi connectivity index (χ1v) is 9.08. The van der Waals surface area contributed by atoms with Crippen LogP contribution in [0.4, 0.5) is 0 Å². The van der Waals surface area contributed by atoms with Crippen LogP contribution in [0.25, 0.3) is 0 Å². The van der Waals surface area contributed by atoms with E-state index in [-0.39, 0.29) is 28.2 Å². The Kier molecular flexibility index (Phi) is 4.30. The van der Waals surface area contributed by atoms with Crippen molar-refractivity contribution in [1.29, 1.82) is 0 Å². The average Bonchev–Trinajstić information content (AvgIpc) is 2.87. The lowest BCUT2D eigenvalue weighted by molar-refractivity contribution is -0.0249. The van der Waals surface area contributed by atoms with Gasteiger partial charge in [0.2, 0.25) is 0 Å². The molecule has 5 heteroatoms. The number of unbranched alkanes of at least 4 members (excludes halogenated alkanes) is 1. The normalized spacial score (nSPS) is 30.5. The van der Waals surface area contributed by atoms with Gasteiger partial charge in [-0.25, -0.2) is 9.48 Å². The minimum Gasteiger partial charge on any atom is -0.457 e. The summed E-state index contributed by atoms with van der Waals surface area (Å²) >= 11 is 0. The van der Waals surface area contributed by atoms with E-state index < -0.39 is 5.97 Å². The van der Waals surface area contributed by atoms with Crippen LogP contribution in [0.5, 0.6) is 0 Å². The van der Waals surface area contributed by atoms with Gasteiger partial charge in [0.05, 0.1) is 0 Å². The highest BCUT2D eigenvalue weighted by atomic mass is 16.5. The van der Waals surface area contributed by atoms with Crippen molar-refractivity contribution >= 4 is 5.97 Å². The summed E-state index contributed by atoms with van der Waals surface area (Å²) in [4.78, 5) is 24.4. The second-order valence-electron chi connectivity index (χ2n) is 8.14. The molecule has 132 valence electrons. The number of aryl methyl sites for hydroxylation is 1. The van der Waals surface area contributed by atoms with Crippen molar-refractivity contribution in [1.82, 2.24) is 9.78 Å². The summed E-state index contributed by atoms with van der Waals surface area (Å²) in [6, 6.07) is 2.89. The lowest BCUT2D eigenvalue weighted by Crippen LogP contribution is -2.38. The maximum absolute atomic E-state index is 12.6. The summed E-state index contributed by atoms with van der Waals surface area (Å²) in [7, 11) is 0. The second-order valence-corrected chi connectivity index (χ2v) is 8.14. The van der Waals surface area contributed by atoms with E-state index in [0.717, 1.165) is 25.7 Å². The van der Waals surface area contributed by atoms with E-state index >= 15 is 0 Å². The molecule has 3 rings (SSSR count). The van der Waals surface area contributed by atoms with E-state index in [9.17, 15) is 9.59 Å². The Morgan fingerprint density at radius 2 is 2.12 bits per heavy atom. The number of nitrogens with zero attached hydrogens (tertiary/aromatic N) is 2. The zero-order chi connectivity index (χ0) is 17.5. The monoisotopic (exact) mass is 332 g/mol. The number of carbonyl (C=O) groups excluding carboxylic acids is 1. The molecule has 0 N–H and O–H groups in total. The third-order valence-electron chi connectivity index (χ3n) is 6.76. The molecule has 0 aliphatic heterocycles. The molecule has 0 amide bonds. The molecule has 2 aliphatic carbocycles. The molecule has 0 spiro atoms. The van der Waals surface area contributed by atoms with Gasteiger partial charge in [-0.15, -0.1) is 0 Å². The average molecular weight is 332 g/mol. The highest BCUT2D eigenvalue weighted by Crippen LogP contribution is 2.66. The van der Waals surface area contributed by atoms with Gasteiger partial charge >= 0.3 is 5.97 Å². The number of carbonyl (C=O) groups is 1. The molecule has 2 saturated carbocycles. The largest absolute Gasteiger partial charge is 0.457 e. The van der Waals surface area contributed by atoms with Crippen molar-refractivity contribution < 1.29 is 9.53 Å². The zero-order valence-electron chi connectivity index (χ0n) is 15.2. The predicted molar refractivity (Wildman–Crippen MR) is 91.8 cm³/mol. The van der Waals surface area contributed by atoms with E-state index in [1.807, 2.05) is 0 Å². The molecule has 3 unspecified atom stereocenters. The van der Waals surface area contributed by atoms with E-state index in [1.54, 1.807) is 0 Å². The molecule has 3 atom stereocenters. The maximum Gasteiger partial charge on any atom is 0.359 e. The van der Waals surface area contributed by atoms with Crippen molar-refractivity contribution in [3.05, 3.63) is 28.2 Å². The SMILES string of the molecule is CCCCn1nc(C(=O)OC2CC3CCC2(C)C3(C)C)ccc1=O. The molecule has 2 aliphatic rings.